The van der Waals surface area contributed by atoms with Gasteiger partial charge in [-0.3, -0.25) is 0 Å². The molecule has 2 rings (SSSR count). The fourth-order valence-electron chi connectivity index (χ4n) is 1.47. The lowest BCUT2D eigenvalue weighted by molar-refractivity contribution is 0.955. The third-order valence-corrected chi connectivity index (χ3v) is 3.57. The number of fused-ring (bicyclic) bond motifs is 1. The van der Waals surface area contributed by atoms with Crippen LogP contribution in [0.1, 0.15) is 17.0 Å². The van der Waals surface area contributed by atoms with Gasteiger partial charge in [0.2, 0.25) is 0 Å². The van der Waals surface area contributed by atoms with Crippen LogP contribution in [0, 0.1) is 6.07 Å². The number of halogens is 3. The maximum Gasteiger partial charge on any atom is 0.145 e. The Morgan fingerprint density at radius 3 is 2.77 bits per heavy atom. The van der Waals surface area contributed by atoms with Crippen LogP contribution in [0.4, 0.5) is 0 Å². The molecule has 0 fully saturated rings. The maximum atomic E-state index is 3.54. The fourth-order valence-corrected chi connectivity index (χ4v) is 2.66. The van der Waals surface area contributed by atoms with E-state index in [0.717, 1.165) is 0 Å². The number of hydrogen-bond donors (Lipinski definition) is 0. The zero-order valence-corrected chi connectivity index (χ0v) is 11.4. The fraction of sp³-hybridized carbons (Fsp3) is 0.200. The van der Waals surface area contributed by atoms with Crippen molar-refractivity contribution in [1.82, 2.24) is 0 Å². The highest BCUT2D eigenvalue weighted by molar-refractivity contribution is 9.39. The number of benzene rings is 1. The summed E-state index contributed by atoms with van der Waals surface area (Å²) in [4.78, 5) is 0. The number of hydrogen-bond acceptors (Lipinski definition) is 0. The third kappa shape index (κ3) is 1.92. The summed E-state index contributed by atoms with van der Waals surface area (Å²) in [5, 5.41) is 0. The molecule has 13 heavy (non-hydrogen) atoms. The summed E-state index contributed by atoms with van der Waals surface area (Å²) in [5.41, 5.74) is 2.56. The van der Waals surface area contributed by atoms with Gasteiger partial charge in [-0.15, -0.1) is 0 Å². The second kappa shape index (κ2) is 3.52. The van der Waals surface area contributed by atoms with Gasteiger partial charge in [-0.2, -0.15) is 0 Å². The van der Waals surface area contributed by atoms with E-state index in [1.165, 1.54) is 11.1 Å². The SMILES string of the molecule is BrC(Br)(Br)C1C=Cc2cc[c]cc21. The highest BCUT2D eigenvalue weighted by Crippen LogP contribution is 2.50. The van der Waals surface area contributed by atoms with Crippen LogP contribution in [0.3, 0.4) is 0 Å². The topological polar surface area (TPSA) is 0 Å². The van der Waals surface area contributed by atoms with Gasteiger partial charge >= 0.3 is 0 Å². The van der Waals surface area contributed by atoms with Crippen molar-refractivity contribution in [1.29, 1.82) is 0 Å². The summed E-state index contributed by atoms with van der Waals surface area (Å²) in [6.45, 7) is 0. The van der Waals surface area contributed by atoms with Gasteiger partial charge in [-0.05, 0) is 23.3 Å². The zero-order valence-electron chi connectivity index (χ0n) is 6.60. The predicted molar refractivity (Wildman–Crippen MR) is 66.6 cm³/mol. The predicted octanol–water partition coefficient (Wildman–Crippen LogP) is 4.44. The van der Waals surface area contributed by atoms with Gasteiger partial charge in [-0.25, -0.2) is 0 Å². The average Bonchev–Trinajstić information content (AvgIpc) is 2.45. The Bertz CT molecular complexity index is 349. The molecule has 0 aromatic heterocycles. The molecule has 0 aliphatic heterocycles. The first kappa shape index (κ1) is 9.94. The second-order valence-corrected chi connectivity index (χ2v) is 9.88. The number of alkyl halides is 3. The van der Waals surface area contributed by atoms with Crippen molar-refractivity contribution in [2.45, 2.75) is 8.06 Å². The minimum Gasteiger partial charge on any atom is -0.0733 e. The molecule has 1 aliphatic rings. The Labute approximate surface area is 103 Å². The van der Waals surface area contributed by atoms with E-state index in [2.05, 4.69) is 72.1 Å². The third-order valence-electron chi connectivity index (χ3n) is 2.09. The average molecular weight is 366 g/mol. The van der Waals surface area contributed by atoms with E-state index in [1.807, 2.05) is 12.1 Å². The van der Waals surface area contributed by atoms with Crippen molar-refractivity contribution >= 4 is 53.9 Å². The van der Waals surface area contributed by atoms with E-state index in [0.29, 0.717) is 5.92 Å². The van der Waals surface area contributed by atoms with Crippen molar-refractivity contribution < 1.29 is 0 Å². The van der Waals surface area contributed by atoms with Gasteiger partial charge in [0.25, 0.3) is 0 Å². The Balaban J connectivity index is 2.45. The van der Waals surface area contributed by atoms with Gasteiger partial charge in [0, 0.05) is 5.92 Å². The van der Waals surface area contributed by atoms with E-state index < -0.39 is 0 Å². The minimum atomic E-state index is -0.246. The highest BCUT2D eigenvalue weighted by atomic mass is 80.0. The summed E-state index contributed by atoms with van der Waals surface area (Å²) < 4.78 is -0.246. The normalized spacial score (nSPS) is 20.4. The lowest BCUT2D eigenvalue weighted by atomic mass is 10.0. The Hall–Kier alpha value is 0.400. The molecular formula is C10H6Br3. The van der Waals surface area contributed by atoms with Crippen molar-refractivity contribution in [2.75, 3.05) is 0 Å². The Morgan fingerprint density at radius 2 is 2.08 bits per heavy atom. The van der Waals surface area contributed by atoms with E-state index >= 15 is 0 Å². The van der Waals surface area contributed by atoms with Crippen molar-refractivity contribution in [2.24, 2.45) is 0 Å². The molecule has 1 aromatic rings. The summed E-state index contributed by atoms with van der Waals surface area (Å²) in [7, 11) is 0. The summed E-state index contributed by atoms with van der Waals surface area (Å²) in [5.74, 6) is 0.306. The number of rotatable bonds is 0. The van der Waals surface area contributed by atoms with Gasteiger partial charge in [0.15, 0.2) is 0 Å². The van der Waals surface area contributed by atoms with Crippen LogP contribution in [0.5, 0.6) is 0 Å². The molecule has 0 N–H and O–H groups in total. The molecule has 0 spiro atoms. The highest BCUT2D eigenvalue weighted by Gasteiger charge is 2.33. The molecular weight excluding hydrogens is 360 g/mol. The van der Waals surface area contributed by atoms with Crippen molar-refractivity contribution in [3.05, 3.63) is 41.5 Å². The summed E-state index contributed by atoms with van der Waals surface area (Å²) in [6.07, 6.45) is 4.29. The van der Waals surface area contributed by atoms with Gasteiger partial charge in [-0.1, -0.05) is 72.1 Å². The Morgan fingerprint density at radius 1 is 1.31 bits per heavy atom. The molecule has 1 atom stereocenters. The largest absolute Gasteiger partial charge is 0.145 e. The first-order valence-electron chi connectivity index (χ1n) is 3.84. The number of allylic oxidation sites excluding steroid dienone is 1. The van der Waals surface area contributed by atoms with E-state index in [-0.39, 0.29) is 2.14 Å². The maximum absolute atomic E-state index is 3.54. The lowest BCUT2D eigenvalue weighted by Crippen LogP contribution is -2.11. The van der Waals surface area contributed by atoms with E-state index in [9.17, 15) is 0 Å². The van der Waals surface area contributed by atoms with Crippen LogP contribution in [0.2, 0.25) is 0 Å². The smallest absolute Gasteiger partial charge is 0.0733 e. The van der Waals surface area contributed by atoms with Crippen molar-refractivity contribution in [3.63, 3.8) is 0 Å². The molecule has 1 unspecified atom stereocenters. The molecule has 0 nitrogen and oxygen atoms in total. The molecule has 0 heterocycles. The quantitative estimate of drug-likeness (QED) is 0.596. The van der Waals surface area contributed by atoms with Crippen LogP contribution in [0.25, 0.3) is 6.08 Å². The van der Waals surface area contributed by atoms with E-state index in [4.69, 9.17) is 0 Å². The van der Waals surface area contributed by atoms with Crippen molar-refractivity contribution in [3.8, 4) is 0 Å². The Kier molecular flexibility index (Phi) is 2.69. The molecule has 0 amide bonds. The van der Waals surface area contributed by atoms with Crippen LogP contribution < -0.4 is 0 Å². The second-order valence-electron chi connectivity index (χ2n) is 2.93. The first-order valence-corrected chi connectivity index (χ1v) is 6.22. The molecule has 0 saturated carbocycles. The van der Waals surface area contributed by atoms with Crippen LogP contribution >= 0.6 is 47.8 Å². The zero-order chi connectivity index (χ0) is 9.47. The molecule has 1 aliphatic carbocycles. The van der Waals surface area contributed by atoms with Crippen LogP contribution in [0.15, 0.2) is 24.3 Å². The molecule has 1 aromatic carbocycles. The monoisotopic (exact) mass is 363 g/mol. The van der Waals surface area contributed by atoms with Crippen LogP contribution in [-0.2, 0) is 0 Å². The summed E-state index contributed by atoms with van der Waals surface area (Å²) in [6, 6.07) is 9.13. The standard InChI is InChI=1S/C10H6Br3/c11-10(12,13)9-6-5-7-3-1-2-4-8(7)9/h1,3-6,9H. The minimum absolute atomic E-state index is 0.246. The summed E-state index contributed by atoms with van der Waals surface area (Å²) >= 11 is 10.6. The molecule has 0 bridgehead atoms. The molecule has 67 valence electrons. The van der Waals surface area contributed by atoms with E-state index in [1.54, 1.807) is 0 Å². The first-order chi connectivity index (χ1) is 6.09. The van der Waals surface area contributed by atoms with Gasteiger partial charge in [0.1, 0.15) is 2.14 Å². The van der Waals surface area contributed by atoms with Crippen LogP contribution in [-0.4, -0.2) is 2.14 Å². The molecule has 1 radical (unpaired) electrons. The molecule has 3 heteroatoms. The lowest BCUT2D eigenvalue weighted by Gasteiger charge is -2.20. The van der Waals surface area contributed by atoms with Gasteiger partial charge in [0.05, 0.1) is 0 Å². The molecule has 0 saturated heterocycles. The van der Waals surface area contributed by atoms with Gasteiger partial charge < -0.3 is 0 Å².